The van der Waals surface area contributed by atoms with Crippen LogP contribution in [0.4, 0.5) is 5.69 Å². The minimum Gasteiger partial charge on any atom is -0.397 e. The molecule has 3 rings (SSSR count). The zero-order valence-electron chi connectivity index (χ0n) is 13.7. The molecule has 0 aromatic heterocycles. The molecule has 3 nitrogen and oxygen atoms in total. The summed E-state index contributed by atoms with van der Waals surface area (Å²) in [7, 11) is 0. The number of rotatable bonds is 5. The average Bonchev–Trinajstić information content (AvgIpc) is 2.59. The van der Waals surface area contributed by atoms with Crippen LogP contribution in [-0.4, -0.2) is 6.54 Å². The predicted octanol–water partition coefficient (Wildman–Crippen LogP) is 4.18. The van der Waals surface area contributed by atoms with Crippen molar-refractivity contribution < 1.29 is 0 Å². The van der Waals surface area contributed by atoms with Gasteiger partial charge in [-0.25, -0.2) is 0 Å². The Morgan fingerprint density at radius 2 is 1.74 bits per heavy atom. The number of anilines is 1. The molecule has 0 unspecified atom stereocenters. The fraction of sp³-hybridized carbons (Fsp3) is 0.300. The molecule has 4 N–H and O–H groups in total. The van der Waals surface area contributed by atoms with Gasteiger partial charge < -0.3 is 16.4 Å². The number of hydrogen-bond acceptors (Lipinski definition) is 3. The fourth-order valence-electron chi connectivity index (χ4n) is 3.04. The van der Waals surface area contributed by atoms with Gasteiger partial charge in [-0.1, -0.05) is 62.2 Å². The molecular formula is C20H25N3. The molecule has 23 heavy (non-hydrogen) atoms. The average molecular weight is 307 g/mol. The van der Waals surface area contributed by atoms with Crippen molar-refractivity contribution in [2.75, 3.05) is 11.9 Å². The highest BCUT2D eigenvalue weighted by atomic mass is 14.9. The van der Waals surface area contributed by atoms with Gasteiger partial charge in [0.25, 0.3) is 0 Å². The zero-order chi connectivity index (χ0) is 16.1. The van der Waals surface area contributed by atoms with Gasteiger partial charge in [-0.05, 0) is 18.1 Å². The number of unbranched alkanes of at least 4 members (excludes halogenated alkanes) is 2. The van der Waals surface area contributed by atoms with Crippen LogP contribution >= 0.6 is 0 Å². The summed E-state index contributed by atoms with van der Waals surface area (Å²) in [5.41, 5.74) is 13.1. The molecule has 1 heterocycles. The highest BCUT2D eigenvalue weighted by Crippen LogP contribution is 2.31. The van der Waals surface area contributed by atoms with E-state index in [2.05, 4.69) is 60.0 Å². The van der Waals surface area contributed by atoms with E-state index in [1.165, 1.54) is 18.4 Å². The molecule has 0 fully saturated rings. The van der Waals surface area contributed by atoms with Crippen LogP contribution in [-0.2, 0) is 6.54 Å². The molecule has 0 atom stereocenters. The Kier molecular flexibility index (Phi) is 4.86. The van der Waals surface area contributed by atoms with Gasteiger partial charge in [0.15, 0.2) is 0 Å². The minimum absolute atomic E-state index is 0.789. The van der Waals surface area contributed by atoms with E-state index in [1.807, 2.05) is 6.07 Å². The van der Waals surface area contributed by atoms with Crippen LogP contribution in [0.5, 0.6) is 0 Å². The Balaban J connectivity index is 2.03. The maximum absolute atomic E-state index is 6.58. The summed E-state index contributed by atoms with van der Waals surface area (Å²) in [6.07, 6.45) is 3.61. The third-order valence-corrected chi connectivity index (χ3v) is 4.32. The van der Waals surface area contributed by atoms with Crippen molar-refractivity contribution in [3.05, 3.63) is 65.2 Å². The lowest BCUT2D eigenvalue weighted by molar-refractivity contribution is 0.689. The summed E-state index contributed by atoms with van der Waals surface area (Å²) >= 11 is 0. The van der Waals surface area contributed by atoms with E-state index < -0.39 is 0 Å². The van der Waals surface area contributed by atoms with Crippen LogP contribution in [0.25, 0.3) is 11.4 Å². The summed E-state index contributed by atoms with van der Waals surface area (Å²) < 4.78 is 0. The second kappa shape index (κ2) is 7.23. The Morgan fingerprint density at radius 3 is 2.57 bits per heavy atom. The minimum atomic E-state index is 0.789. The molecule has 2 aromatic carbocycles. The normalized spacial score (nSPS) is 16.6. The van der Waals surface area contributed by atoms with Gasteiger partial charge in [0.05, 0.1) is 11.4 Å². The number of benzene rings is 2. The van der Waals surface area contributed by atoms with E-state index in [9.17, 15) is 0 Å². The number of nitrogens with one attached hydrogen (secondary N) is 2. The molecule has 0 radical (unpaired) electrons. The van der Waals surface area contributed by atoms with Gasteiger partial charge in [0, 0.05) is 29.9 Å². The van der Waals surface area contributed by atoms with Crippen molar-refractivity contribution in [2.24, 2.45) is 5.73 Å². The summed E-state index contributed by atoms with van der Waals surface area (Å²) in [5, 5.41) is 7.13. The van der Waals surface area contributed by atoms with Crippen LogP contribution in [0, 0.1) is 0 Å². The zero-order valence-corrected chi connectivity index (χ0v) is 13.7. The van der Waals surface area contributed by atoms with Crippen molar-refractivity contribution in [3.63, 3.8) is 0 Å². The molecular weight excluding hydrogens is 282 g/mol. The molecule has 0 bridgehead atoms. The standard InChI is InChI=1S/C20H25N3/c1-2-3-8-13-22-20-17-11-6-7-12-18(17)23-14-15-9-4-5-10-16(15)19(20)21/h4-7,9-12,22-23H,2-3,8,13-14,21H2,1H3/b20-19-. The SMILES string of the molecule is CCCCCN/C1=C(\N)c2ccccc2CNc2ccccc21. The number of nitrogens with two attached hydrogens (primary N) is 1. The van der Waals surface area contributed by atoms with Crippen molar-refractivity contribution >= 4 is 17.1 Å². The van der Waals surface area contributed by atoms with Gasteiger partial charge in [0.2, 0.25) is 0 Å². The molecule has 0 saturated carbocycles. The van der Waals surface area contributed by atoms with Crippen LogP contribution in [0.15, 0.2) is 48.5 Å². The molecule has 2 aromatic rings. The molecule has 0 spiro atoms. The molecule has 1 aliphatic rings. The number of hydrogen-bond donors (Lipinski definition) is 3. The fourth-order valence-corrected chi connectivity index (χ4v) is 3.04. The van der Waals surface area contributed by atoms with Crippen molar-refractivity contribution in [2.45, 2.75) is 32.7 Å². The number of fused-ring (bicyclic) bond motifs is 2. The monoisotopic (exact) mass is 307 g/mol. The van der Waals surface area contributed by atoms with Gasteiger partial charge in [-0.3, -0.25) is 0 Å². The van der Waals surface area contributed by atoms with E-state index in [4.69, 9.17) is 5.73 Å². The first-order valence-electron chi connectivity index (χ1n) is 8.46. The maximum atomic E-state index is 6.58. The quantitative estimate of drug-likeness (QED) is 0.726. The van der Waals surface area contributed by atoms with Gasteiger partial charge in [-0.15, -0.1) is 0 Å². The van der Waals surface area contributed by atoms with Crippen LogP contribution in [0.3, 0.4) is 0 Å². The highest BCUT2D eigenvalue weighted by molar-refractivity contribution is 5.93. The molecule has 0 aliphatic carbocycles. The second-order valence-corrected chi connectivity index (χ2v) is 5.98. The van der Waals surface area contributed by atoms with Gasteiger partial charge in [-0.2, -0.15) is 0 Å². The third kappa shape index (κ3) is 3.34. The Morgan fingerprint density at radius 1 is 1.00 bits per heavy atom. The largest absolute Gasteiger partial charge is 0.397 e. The Hall–Kier alpha value is -2.42. The van der Waals surface area contributed by atoms with Crippen molar-refractivity contribution in [1.82, 2.24) is 5.32 Å². The first-order valence-corrected chi connectivity index (χ1v) is 8.46. The third-order valence-electron chi connectivity index (χ3n) is 4.32. The Labute approximate surface area is 138 Å². The smallest absolute Gasteiger partial charge is 0.0674 e. The lowest BCUT2D eigenvalue weighted by Crippen LogP contribution is -2.21. The van der Waals surface area contributed by atoms with E-state index in [1.54, 1.807) is 0 Å². The van der Waals surface area contributed by atoms with E-state index >= 15 is 0 Å². The lowest BCUT2D eigenvalue weighted by Gasteiger charge is -2.23. The lowest BCUT2D eigenvalue weighted by atomic mass is 9.97. The number of para-hydroxylation sites is 1. The summed E-state index contributed by atoms with van der Waals surface area (Å²) in [5.74, 6) is 0. The van der Waals surface area contributed by atoms with E-state index in [-0.39, 0.29) is 0 Å². The topological polar surface area (TPSA) is 50.1 Å². The highest BCUT2D eigenvalue weighted by Gasteiger charge is 2.17. The molecule has 0 amide bonds. The van der Waals surface area contributed by atoms with E-state index in [0.29, 0.717) is 0 Å². The summed E-state index contributed by atoms with van der Waals surface area (Å²) in [4.78, 5) is 0. The van der Waals surface area contributed by atoms with Gasteiger partial charge >= 0.3 is 0 Å². The van der Waals surface area contributed by atoms with Gasteiger partial charge in [0.1, 0.15) is 0 Å². The molecule has 3 heteroatoms. The maximum Gasteiger partial charge on any atom is 0.0674 e. The first-order chi connectivity index (χ1) is 11.3. The molecule has 120 valence electrons. The first kappa shape index (κ1) is 15.5. The predicted molar refractivity (Wildman–Crippen MR) is 98.7 cm³/mol. The van der Waals surface area contributed by atoms with Crippen molar-refractivity contribution in [1.29, 1.82) is 0 Å². The molecule has 0 saturated heterocycles. The molecule has 1 aliphatic heterocycles. The van der Waals surface area contributed by atoms with Crippen LogP contribution in [0.2, 0.25) is 0 Å². The summed E-state index contributed by atoms with van der Waals surface area (Å²) in [6.45, 7) is 3.95. The van der Waals surface area contributed by atoms with Crippen LogP contribution in [0.1, 0.15) is 42.9 Å². The van der Waals surface area contributed by atoms with Crippen LogP contribution < -0.4 is 16.4 Å². The second-order valence-electron chi connectivity index (χ2n) is 5.98. The Bertz CT molecular complexity index is 704. The van der Waals surface area contributed by atoms with Crippen molar-refractivity contribution in [3.8, 4) is 0 Å². The van der Waals surface area contributed by atoms with E-state index in [0.717, 1.165) is 47.7 Å². The summed E-state index contributed by atoms with van der Waals surface area (Å²) in [6, 6.07) is 16.7.